The fourth-order valence-corrected chi connectivity index (χ4v) is 2.83. The van der Waals surface area contributed by atoms with Crippen LogP contribution in [0, 0.1) is 0 Å². The highest BCUT2D eigenvalue weighted by Crippen LogP contribution is 2.27. The number of carbonyl (C=O) groups excluding carboxylic acids is 3. The minimum Gasteiger partial charge on any atom is -0.481 e. The summed E-state index contributed by atoms with van der Waals surface area (Å²) in [7, 11) is 0. The summed E-state index contributed by atoms with van der Waals surface area (Å²) in [5.41, 5.74) is -0.00847. The molecule has 1 aromatic heterocycles. The van der Waals surface area contributed by atoms with Crippen molar-refractivity contribution in [1.82, 2.24) is 10.2 Å². The molecule has 144 valence electrons. The molecule has 4 amide bonds. The molecule has 9 nitrogen and oxygen atoms in total. The second-order valence-corrected chi connectivity index (χ2v) is 6.57. The van der Waals surface area contributed by atoms with E-state index in [1.165, 1.54) is 18.4 Å². The van der Waals surface area contributed by atoms with Crippen molar-refractivity contribution in [2.24, 2.45) is 0 Å². The molecule has 2 aromatic rings. The van der Waals surface area contributed by atoms with Gasteiger partial charge >= 0.3 is 12.0 Å². The number of aliphatic carboxylic acids is 1. The zero-order valence-corrected chi connectivity index (χ0v) is 15.8. The van der Waals surface area contributed by atoms with Gasteiger partial charge in [-0.25, -0.2) is 9.59 Å². The highest BCUT2D eigenvalue weighted by Gasteiger charge is 2.36. The number of imide groups is 2. The van der Waals surface area contributed by atoms with Crippen LogP contribution in [0.3, 0.4) is 0 Å². The van der Waals surface area contributed by atoms with Gasteiger partial charge in [-0.05, 0) is 36.4 Å². The molecule has 1 aromatic carbocycles. The van der Waals surface area contributed by atoms with Gasteiger partial charge in [0.15, 0.2) is 6.61 Å². The van der Waals surface area contributed by atoms with E-state index in [2.05, 4.69) is 21.2 Å². The molecular weight excluding hydrogens is 436 g/mol. The maximum absolute atomic E-state index is 12.7. The molecule has 1 saturated heterocycles. The maximum Gasteiger partial charge on any atom is 0.341 e. The minimum absolute atomic E-state index is 0.150. The average Bonchev–Trinajstić information content (AvgIpc) is 3.14. The van der Waals surface area contributed by atoms with Crippen LogP contribution in [0.4, 0.5) is 4.79 Å². The van der Waals surface area contributed by atoms with Crippen molar-refractivity contribution in [3.8, 4) is 5.75 Å². The van der Waals surface area contributed by atoms with Crippen molar-refractivity contribution in [2.45, 2.75) is 6.54 Å². The Morgan fingerprint density at radius 1 is 1.29 bits per heavy atom. The molecule has 10 heteroatoms. The zero-order chi connectivity index (χ0) is 20.3. The number of hydrogen-bond acceptors (Lipinski definition) is 6. The summed E-state index contributed by atoms with van der Waals surface area (Å²) in [6, 6.07) is 7.01. The normalized spacial score (nSPS) is 15.7. The summed E-state index contributed by atoms with van der Waals surface area (Å²) >= 11 is 3.27. The summed E-state index contributed by atoms with van der Waals surface area (Å²) < 4.78 is 11.0. The van der Waals surface area contributed by atoms with E-state index in [-0.39, 0.29) is 17.9 Å². The van der Waals surface area contributed by atoms with Gasteiger partial charge in [0.25, 0.3) is 11.8 Å². The highest BCUT2D eigenvalue weighted by atomic mass is 79.9. The number of nitrogens with one attached hydrogen (secondary N) is 1. The van der Waals surface area contributed by atoms with E-state index in [4.69, 9.17) is 14.3 Å². The fraction of sp³-hybridized carbons (Fsp3) is 0.111. The predicted octanol–water partition coefficient (Wildman–Crippen LogP) is 2.17. The predicted molar refractivity (Wildman–Crippen MR) is 98.0 cm³/mol. The average molecular weight is 449 g/mol. The molecule has 1 fully saturated rings. The van der Waals surface area contributed by atoms with Crippen LogP contribution in [0.2, 0.25) is 0 Å². The van der Waals surface area contributed by atoms with E-state index >= 15 is 0 Å². The van der Waals surface area contributed by atoms with Crippen LogP contribution >= 0.6 is 15.9 Å². The largest absolute Gasteiger partial charge is 0.481 e. The van der Waals surface area contributed by atoms with Gasteiger partial charge in [0.1, 0.15) is 17.1 Å². The van der Waals surface area contributed by atoms with E-state index < -0.39 is 30.4 Å². The summed E-state index contributed by atoms with van der Waals surface area (Å²) in [5, 5.41) is 10.9. The number of benzene rings is 1. The Bertz CT molecular complexity index is 982. The Balaban J connectivity index is 1.94. The number of furan rings is 1. The number of ether oxygens (including phenoxy) is 1. The maximum atomic E-state index is 12.7. The molecule has 0 atom stereocenters. The van der Waals surface area contributed by atoms with Gasteiger partial charge in [-0.1, -0.05) is 15.9 Å². The molecular formula is C18H13BrN2O7. The molecule has 0 saturated carbocycles. The van der Waals surface area contributed by atoms with Crippen molar-refractivity contribution < 1.29 is 33.4 Å². The number of barbiturate groups is 1. The lowest BCUT2D eigenvalue weighted by Gasteiger charge is -2.25. The first-order valence-corrected chi connectivity index (χ1v) is 8.70. The third-order valence-corrected chi connectivity index (χ3v) is 4.20. The van der Waals surface area contributed by atoms with Crippen LogP contribution in [0.5, 0.6) is 5.75 Å². The van der Waals surface area contributed by atoms with Crippen LogP contribution in [0.15, 0.2) is 51.1 Å². The molecule has 0 spiro atoms. The van der Waals surface area contributed by atoms with Crippen molar-refractivity contribution in [3.05, 3.63) is 58.0 Å². The van der Waals surface area contributed by atoms with Crippen LogP contribution in [0.25, 0.3) is 6.08 Å². The molecule has 0 aliphatic carbocycles. The number of amides is 4. The SMILES string of the molecule is O=C(O)COc1ccc(Br)cc1C=C1C(=O)NC(=O)N(Cc2ccco2)C1=O. The molecule has 28 heavy (non-hydrogen) atoms. The Morgan fingerprint density at radius 3 is 2.75 bits per heavy atom. The molecule has 1 aliphatic rings. The smallest absolute Gasteiger partial charge is 0.341 e. The van der Waals surface area contributed by atoms with Gasteiger partial charge in [0.05, 0.1) is 12.8 Å². The summed E-state index contributed by atoms with van der Waals surface area (Å²) in [6.07, 6.45) is 2.64. The summed E-state index contributed by atoms with van der Waals surface area (Å²) in [6.45, 7) is -0.746. The Labute approximate surface area is 166 Å². The minimum atomic E-state index is -1.18. The van der Waals surface area contributed by atoms with Gasteiger partial charge in [-0.2, -0.15) is 0 Å². The van der Waals surface area contributed by atoms with Gasteiger partial charge in [0.2, 0.25) is 0 Å². The van der Waals surface area contributed by atoms with Gasteiger partial charge in [-0.3, -0.25) is 19.8 Å². The first-order valence-electron chi connectivity index (χ1n) is 7.90. The van der Waals surface area contributed by atoms with Crippen LogP contribution < -0.4 is 10.1 Å². The van der Waals surface area contributed by atoms with E-state index in [0.29, 0.717) is 15.8 Å². The second kappa shape index (κ2) is 8.09. The van der Waals surface area contributed by atoms with Crippen LogP contribution in [-0.4, -0.2) is 40.4 Å². The Kier molecular flexibility index (Phi) is 5.59. The number of carboxylic acid groups (broad SMARTS) is 1. The lowest BCUT2D eigenvalue weighted by atomic mass is 10.1. The number of halogens is 1. The first-order chi connectivity index (χ1) is 13.3. The van der Waals surface area contributed by atoms with E-state index in [0.717, 1.165) is 4.90 Å². The van der Waals surface area contributed by atoms with Crippen LogP contribution in [0.1, 0.15) is 11.3 Å². The number of carbonyl (C=O) groups is 4. The number of carboxylic acids is 1. The zero-order valence-electron chi connectivity index (χ0n) is 14.2. The molecule has 1 aliphatic heterocycles. The standard InChI is InChI=1S/C18H13BrN2O7/c19-11-3-4-14(28-9-15(22)23)10(6-11)7-13-16(24)20-18(26)21(17(13)25)8-12-2-1-5-27-12/h1-7H,8-9H2,(H,22,23)(H,20,24,26). The molecule has 3 rings (SSSR count). The first kappa shape index (κ1) is 19.4. The number of nitrogens with zero attached hydrogens (tertiary/aromatic N) is 1. The molecule has 2 heterocycles. The third-order valence-electron chi connectivity index (χ3n) is 3.70. The van der Waals surface area contributed by atoms with Gasteiger partial charge < -0.3 is 14.3 Å². The third kappa shape index (κ3) is 4.29. The fourth-order valence-electron chi connectivity index (χ4n) is 2.45. The quantitative estimate of drug-likeness (QED) is 0.511. The van der Waals surface area contributed by atoms with Crippen molar-refractivity contribution >= 4 is 45.8 Å². The van der Waals surface area contributed by atoms with Crippen LogP contribution in [-0.2, 0) is 20.9 Å². The molecule has 2 N–H and O–H groups in total. The Hall–Kier alpha value is -3.40. The lowest BCUT2D eigenvalue weighted by Crippen LogP contribution is -2.53. The van der Waals surface area contributed by atoms with Gasteiger partial charge in [0, 0.05) is 10.0 Å². The Morgan fingerprint density at radius 2 is 2.07 bits per heavy atom. The molecule has 0 unspecified atom stereocenters. The molecule has 0 radical (unpaired) electrons. The monoisotopic (exact) mass is 448 g/mol. The van der Waals surface area contributed by atoms with Crippen molar-refractivity contribution in [1.29, 1.82) is 0 Å². The van der Waals surface area contributed by atoms with Crippen molar-refractivity contribution in [2.75, 3.05) is 6.61 Å². The second-order valence-electron chi connectivity index (χ2n) is 5.65. The van der Waals surface area contributed by atoms with E-state index in [1.54, 1.807) is 24.3 Å². The van der Waals surface area contributed by atoms with E-state index in [1.807, 2.05) is 0 Å². The number of rotatable bonds is 6. The summed E-state index contributed by atoms with van der Waals surface area (Å²) in [5.74, 6) is -2.33. The highest BCUT2D eigenvalue weighted by molar-refractivity contribution is 9.10. The molecule has 0 bridgehead atoms. The van der Waals surface area contributed by atoms with Gasteiger partial charge in [-0.15, -0.1) is 0 Å². The van der Waals surface area contributed by atoms with Crippen molar-refractivity contribution in [3.63, 3.8) is 0 Å². The summed E-state index contributed by atoms with van der Waals surface area (Å²) in [4.78, 5) is 48.6. The number of urea groups is 1. The van der Waals surface area contributed by atoms with E-state index in [9.17, 15) is 19.2 Å². The lowest BCUT2D eigenvalue weighted by molar-refractivity contribution is -0.139. The topological polar surface area (TPSA) is 126 Å². The number of hydrogen-bond donors (Lipinski definition) is 2.